The molecule has 0 radical (unpaired) electrons. The molecule has 2 atom stereocenters. The minimum absolute atomic E-state index is 0.0594. The van der Waals surface area contributed by atoms with E-state index in [0.717, 1.165) is 22.1 Å². The number of carbonyl (C=O) groups is 1. The van der Waals surface area contributed by atoms with Crippen LogP contribution in [-0.2, 0) is 9.53 Å². The van der Waals surface area contributed by atoms with Crippen LogP contribution in [0.3, 0.4) is 0 Å². The molecule has 0 bridgehead atoms. The van der Waals surface area contributed by atoms with Gasteiger partial charge >= 0.3 is 0 Å². The van der Waals surface area contributed by atoms with Crippen LogP contribution in [0.2, 0.25) is 4.34 Å². The fourth-order valence-corrected chi connectivity index (χ4v) is 3.29. The summed E-state index contributed by atoms with van der Waals surface area (Å²) in [4.78, 5) is 13.2. The number of nitrogens with two attached hydrogens (primary N) is 1. The predicted octanol–water partition coefficient (Wildman–Crippen LogP) is 2.33. The van der Waals surface area contributed by atoms with Gasteiger partial charge in [-0.3, -0.25) is 4.79 Å². The lowest BCUT2D eigenvalue weighted by atomic mass is 9.91. The third kappa shape index (κ3) is 3.92. The first-order chi connectivity index (χ1) is 9.08. The summed E-state index contributed by atoms with van der Waals surface area (Å²) in [5, 5.41) is 2.95. The maximum atomic E-state index is 12.1. The zero-order chi connectivity index (χ0) is 13.8. The molecule has 0 spiro atoms. The summed E-state index contributed by atoms with van der Waals surface area (Å²) in [6.07, 6.45) is 1.71. The van der Waals surface area contributed by atoms with Crippen LogP contribution in [0.4, 0.5) is 0 Å². The summed E-state index contributed by atoms with van der Waals surface area (Å²) in [5.41, 5.74) is 6.03. The average Bonchev–Trinajstić information content (AvgIpc) is 2.85. The van der Waals surface area contributed by atoms with Gasteiger partial charge < -0.3 is 15.8 Å². The number of hydrogen-bond donors (Lipinski definition) is 2. The highest BCUT2D eigenvalue weighted by molar-refractivity contribution is 7.16. The van der Waals surface area contributed by atoms with Crippen LogP contribution in [0.25, 0.3) is 0 Å². The quantitative estimate of drug-likeness (QED) is 0.897. The van der Waals surface area contributed by atoms with Crippen molar-refractivity contribution in [1.82, 2.24) is 5.32 Å². The highest BCUT2D eigenvalue weighted by Crippen LogP contribution is 2.27. The second-order valence-electron chi connectivity index (χ2n) is 4.85. The Bertz CT molecular complexity index is 432. The summed E-state index contributed by atoms with van der Waals surface area (Å²) in [6, 6.07) is 3.25. The maximum absolute atomic E-state index is 12.1. The summed E-state index contributed by atoms with van der Waals surface area (Å²) >= 11 is 7.37. The van der Waals surface area contributed by atoms with Gasteiger partial charge in [-0.15, -0.1) is 11.3 Å². The van der Waals surface area contributed by atoms with Crippen LogP contribution in [0.15, 0.2) is 12.1 Å². The largest absolute Gasteiger partial charge is 0.381 e. The van der Waals surface area contributed by atoms with Crippen LogP contribution in [0, 0.1) is 5.92 Å². The van der Waals surface area contributed by atoms with Crippen LogP contribution in [0.5, 0.6) is 0 Å². The van der Waals surface area contributed by atoms with Crippen molar-refractivity contribution in [3.8, 4) is 0 Å². The van der Waals surface area contributed by atoms with Gasteiger partial charge in [-0.2, -0.15) is 0 Å². The van der Waals surface area contributed by atoms with Gasteiger partial charge in [0.2, 0.25) is 5.91 Å². The highest BCUT2D eigenvalue weighted by atomic mass is 35.5. The zero-order valence-corrected chi connectivity index (χ0v) is 12.5. The molecule has 6 heteroatoms. The molecule has 1 aliphatic rings. The van der Waals surface area contributed by atoms with Crippen LogP contribution in [-0.4, -0.2) is 25.2 Å². The van der Waals surface area contributed by atoms with E-state index in [4.69, 9.17) is 22.1 Å². The topological polar surface area (TPSA) is 64.4 Å². The van der Waals surface area contributed by atoms with Gasteiger partial charge in [0.25, 0.3) is 0 Å². The molecule has 0 saturated carbocycles. The molecule has 1 amide bonds. The smallest absolute Gasteiger partial charge is 0.237 e. The van der Waals surface area contributed by atoms with Crippen molar-refractivity contribution in [2.45, 2.75) is 31.8 Å². The lowest BCUT2D eigenvalue weighted by Gasteiger charge is -2.27. The van der Waals surface area contributed by atoms with E-state index in [-0.39, 0.29) is 17.9 Å². The number of ether oxygens (including phenoxy) is 1. The summed E-state index contributed by atoms with van der Waals surface area (Å²) in [5.74, 6) is 0.122. The normalized spacial score (nSPS) is 19.9. The van der Waals surface area contributed by atoms with Crippen molar-refractivity contribution in [2.24, 2.45) is 11.7 Å². The fourth-order valence-electron chi connectivity index (χ4n) is 2.23. The van der Waals surface area contributed by atoms with Gasteiger partial charge in [-0.05, 0) is 37.8 Å². The number of amides is 1. The summed E-state index contributed by atoms with van der Waals surface area (Å²) in [6.45, 7) is 3.33. The summed E-state index contributed by atoms with van der Waals surface area (Å²) in [7, 11) is 0. The molecule has 0 aromatic carbocycles. The number of halogens is 1. The number of nitrogens with one attached hydrogen (secondary N) is 1. The second kappa shape index (κ2) is 6.70. The van der Waals surface area contributed by atoms with Crippen molar-refractivity contribution in [2.75, 3.05) is 13.2 Å². The van der Waals surface area contributed by atoms with Crippen LogP contribution >= 0.6 is 22.9 Å². The number of carbonyl (C=O) groups excluding carboxylic acids is 1. The molecule has 2 heterocycles. The first-order valence-corrected chi connectivity index (χ1v) is 7.66. The van der Waals surface area contributed by atoms with Gasteiger partial charge in [0.05, 0.1) is 16.4 Å². The molecule has 1 aromatic heterocycles. The Hall–Kier alpha value is -0.620. The SMILES string of the molecule is CC(NC(=O)C(N)C1CCOCC1)c1ccc(Cl)s1. The number of rotatable bonds is 4. The van der Waals surface area contributed by atoms with E-state index in [1.807, 2.05) is 19.1 Å². The maximum Gasteiger partial charge on any atom is 0.237 e. The molecule has 106 valence electrons. The van der Waals surface area contributed by atoms with E-state index in [9.17, 15) is 4.79 Å². The van der Waals surface area contributed by atoms with Crippen LogP contribution < -0.4 is 11.1 Å². The second-order valence-corrected chi connectivity index (χ2v) is 6.59. The molecule has 2 unspecified atom stereocenters. The molecule has 0 aliphatic carbocycles. The molecular formula is C13H19ClN2O2S. The third-order valence-electron chi connectivity index (χ3n) is 3.46. The van der Waals surface area contributed by atoms with Gasteiger partial charge in [-0.25, -0.2) is 0 Å². The van der Waals surface area contributed by atoms with Gasteiger partial charge in [-0.1, -0.05) is 11.6 Å². The van der Waals surface area contributed by atoms with Gasteiger partial charge in [0.1, 0.15) is 0 Å². The van der Waals surface area contributed by atoms with Crippen molar-refractivity contribution in [1.29, 1.82) is 0 Å². The van der Waals surface area contributed by atoms with Crippen LogP contribution in [0.1, 0.15) is 30.7 Å². The molecule has 19 heavy (non-hydrogen) atoms. The lowest BCUT2D eigenvalue weighted by molar-refractivity contribution is -0.125. The Balaban J connectivity index is 1.89. The molecule has 1 saturated heterocycles. The lowest BCUT2D eigenvalue weighted by Crippen LogP contribution is -2.47. The van der Waals surface area contributed by atoms with Gasteiger partial charge in [0.15, 0.2) is 0 Å². The molecule has 1 aliphatic heterocycles. The van der Waals surface area contributed by atoms with Crippen molar-refractivity contribution >= 4 is 28.8 Å². The third-order valence-corrected chi connectivity index (χ3v) is 4.87. The van der Waals surface area contributed by atoms with E-state index in [2.05, 4.69) is 5.32 Å². The van der Waals surface area contributed by atoms with E-state index in [1.54, 1.807) is 0 Å². The monoisotopic (exact) mass is 302 g/mol. The summed E-state index contributed by atoms with van der Waals surface area (Å²) < 4.78 is 6.01. The van der Waals surface area contributed by atoms with E-state index in [1.165, 1.54) is 11.3 Å². The molecule has 4 nitrogen and oxygen atoms in total. The van der Waals surface area contributed by atoms with Gasteiger partial charge in [0, 0.05) is 18.1 Å². The Labute approximate surface area is 122 Å². The average molecular weight is 303 g/mol. The van der Waals surface area contributed by atoms with E-state index in [0.29, 0.717) is 13.2 Å². The van der Waals surface area contributed by atoms with Crippen molar-refractivity contribution in [3.63, 3.8) is 0 Å². The first kappa shape index (κ1) is 14.8. The molecule has 1 fully saturated rings. The Morgan fingerprint density at radius 3 is 2.79 bits per heavy atom. The minimum Gasteiger partial charge on any atom is -0.381 e. The predicted molar refractivity (Wildman–Crippen MR) is 77.4 cm³/mol. The highest BCUT2D eigenvalue weighted by Gasteiger charge is 2.27. The number of hydrogen-bond acceptors (Lipinski definition) is 4. The molecule has 3 N–H and O–H groups in total. The zero-order valence-electron chi connectivity index (χ0n) is 10.9. The fraction of sp³-hybridized carbons (Fsp3) is 0.615. The first-order valence-electron chi connectivity index (χ1n) is 6.47. The Kier molecular flexibility index (Phi) is 5.21. The molecule has 2 rings (SSSR count). The number of thiophene rings is 1. The Morgan fingerprint density at radius 1 is 1.53 bits per heavy atom. The van der Waals surface area contributed by atoms with Crippen molar-refractivity contribution < 1.29 is 9.53 Å². The molecular weight excluding hydrogens is 284 g/mol. The minimum atomic E-state index is -0.457. The molecule has 1 aromatic rings. The standard InChI is InChI=1S/C13H19ClN2O2S/c1-8(10-2-3-11(14)19-10)16-13(17)12(15)9-4-6-18-7-5-9/h2-3,8-9,12H,4-7,15H2,1H3,(H,16,17). The Morgan fingerprint density at radius 2 is 2.21 bits per heavy atom. The van der Waals surface area contributed by atoms with E-state index < -0.39 is 6.04 Å². The van der Waals surface area contributed by atoms with Crippen molar-refractivity contribution in [3.05, 3.63) is 21.3 Å². The van der Waals surface area contributed by atoms with E-state index >= 15 is 0 Å².